The van der Waals surface area contributed by atoms with Gasteiger partial charge in [0.2, 0.25) is 0 Å². The SMILES string of the molecule is COC(=O)CC1CN(C(=O)c2ccc(I)c(Cl)c2)CCO1. The lowest BCUT2D eigenvalue weighted by Crippen LogP contribution is -2.46. The normalized spacial score (nSPS) is 18.4. The van der Waals surface area contributed by atoms with E-state index >= 15 is 0 Å². The average Bonchev–Trinajstić information content (AvgIpc) is 2.49. The van der Waals surface area contributed by atoms with Crippen LogP contribution in [-0.2, 0) is 14.3 Å². The number of morpholine rings is 1. The topological polar surface area (TPSA) is 55.8 Å². The van der Waals surface area contributed by atoms with Crippen molar-refractivity contribution >= 4 is 46.1 Å². The zero-order valence-corrected chi connectivity index (χ0v) is 14.4. The molecule has 1 aromatic carbocycles. The summed E-state index contributed by atoms with van der Waals surface area (Å²) in [7, 11) is 1.33. The van der Waals surface area contributed by atoms with Gasteiger partial charge in [-0.05, 0) is 40.8 Å². The Morgan fingerprint density at radius 2 is 2.29 bits per heavy atom. The number of carbonyl (C=O) groups excluding carboxylic acids is 2. The molecule has 1 heterocycles. The Kier molecular flexibility index (Phi) is 5.83. The monoisotopic (exact) mass is 423 g/mol. The molecule has 0 aliphatic carbocycles. The van der Waals surface area contributed by atoms with Gasteiger partial charge in [0.15, 0.2) is 0 Å². The van der Waals surface area contributed by atoms with E-state index in [-0.39, 0.29) is 24.4 Å². The maximum atomic E-state index is 12.5. The summed E-state index contributed by atoms with van der Waals surface area (Å²) < 4.78 is 11.0. The van der Waals surface area contributed by atoms with Gasteiger partial charge in [0, 0.05) is 22.2 Å². The average molecular weight is 424 g/mol. The quantitative estimate of drug-likeness (QED) is 0.553. The van der Waals surface area contributed by atoms with Crippen LogP contribution in [-0.4, -0.2) is 49.7 Å². The molecule has 1 unspecified atom stereocenters. The van der Waals surface area contributed by atoms with Gasteiger partial charge in [-0.3, -0.25) is 9.59 Å². The van der Waals surface area contributed by atoms with E-state index in [9.17, 15) is 9.59 Å². The molecule has 0 N–H and O–H groups in total. The molecule has 0 radical (unpaired) electrons. The van der Waals surface area contributed by atoms with E-state index in [4.69, 9.17) is 16.3 Å². The fourth-order valence-electron chi connectivity index (χ4n) is 2.11. The molecule has 5 nitrogen and oxygen atoms in total. The van der Waals surface area contributed by atoms with E-state index in [1.807, 2.05) is 6.07 Å². The first kappa shape index (κ1) is 16.5. The standard InChI is InChI=1S/C14H15ClINO4/c1-20-13(18)7-10-8-17(4-5-21-10)14(19)9-2-3-12(16)11(15)6-9/h2-3,6,10H,4-5,7-8H2,1H3. The number of nitrogens with zero attached hydrogens (tertiary/aromatic N) is 1. The Morgan fingerprint density at radius 3 is 2.95 bits per heavy atom. The van der Waals surface area contributed by atoms with Crippen molar-refractivity contribution in [2.24, 2.45) is 0 Å². The Morgan fingerprint density at radius 1 is 1.52 bits per heavy atom. The van der Waals surface area contributed by atoms with Gasteiger partial charge < -0.3 is 14.4 Å². The van der Waals surface area contributed by atoms with Gasteiger partial charge in [-0.15, -0.1) is 0 Å². The van der Waals surface area contributed by atoms with Crippen molar-refractivity contribution in [3.63, 3.8) is 0 Å². The van der Waals surface area contributed by atoms with Gasteiger partial charge in [0.25, 0.3) is 5.91 Å². The van der Waals surface area contributed by atoms with Gasteiger partial charge in [-0.25, -0.2) is 0 Å². The van der Waals surface area contributed by atoms with Crippen molar-refractivity contribution in [1.29, 1.82) is 0 Å². The lowest BCUT2D eigenvalue weighted by atomic mass is 10.1. The molecule has 0 bridgehead atoms. The summed E-state index contributed by atoms with van der Waals surface area (Å²) in [6.45, 7) is 1.28. The predicted molar refractivity (Wildman–Crippen MR) is 86.4 cm³/mol. The number of esters is 1. The lowest BCUT2D eigenvalue weighted by Gasteiger charge is -2.32. The first-order valence-electron chi connectivity index (χ1n) is 6.44. The minimum absolute atomic E-state index is 0.105. The van der Waals surface area contributed by atoms with Crippen molar-refractivity contribution in [2.75, 3.05) is 26.8 Å². The van der Waals surface area contributed by atoms with Gasteiger partial charge in [-0.1, -0.05) is 11.6 Å². The summed E-state index contributed by atoms with van der Waals surface area (Å²) in [6, 6.07) is 5.22. The van der Waals surface area contributed by atoms with Crippen LogP contribution in [0.15, 0.2) is 18.2 Å². The van der Waals surface area contributed by atoms with Crippen molar-refractivity contribution in [3.05, 3.63) is 32.4 Å². The van der Waals surface area contributed by atoms with Crippen molar-refractivity contribution in [2.45, 2.75) is 12.5 Å². The maximum absolute atomic E-state index is 12.5. The van der Waals surface area contributed by atoms with E-state index in [1.54, 1.807) is 17.0 Å². The minimum Gasteiger partial charge on any atom is -0.469 e. The molecule has 0 spiro atoms. The Bertz CT molecular complexity index is 552. The van der Waals surface area contributed by atoms with Crippen LogP contribution in [0.3, 0.4) is 0 Å². The number of hydrogen-bond acceptors (Lipinski definition) is 4. The minimum atomic E-state index is -0.341. The molecule has 1 aromatic rings. The summed E-state index contributed by atoms with van der Waals surface area (Å²) in [5.41, 5.74) is 0.541. The zero-order chi connectivity index (χ0) is 15.4. The predicted octanol–water partition coefficient (Wildman–Crippen LogP) is 2.35. The van der Waals surface area contributed by atoms with Crippen molar-refractivity contribution < 1.29 is 19.1 Å². The third-order valence-corrected chi connectivity index (χ3v) is 4.79. The molecule has 0 saturated carbocycles. The second-order valence-electron chi connectivity index (χ2n) is 4.65. The van der Waals surface area contributed by atoms with Crippen LogP contribution in [0.5, 0.6) is 0 Å². The molecular formula is C14H15ClINO4. The van der Waals surface area contributed by atoms with Crippen molar-refractivity contribution in [3.8, 4) is 0 Å². The Labute approximate surface area is 141 Å². The van der Waals surface area contributed by atoms with E-state index in [0.29, 0.717) is 30.3 Å². The van der Waals surface area contributed by atoms with Crippen LogP contribution in [0.2, 0.25) is 5.02 Å². The molecule has 21 heavy (non-hydrogen) atoms. The fourth-order valence-corrected chi connectivity index (χ4v) is 2.62. The second-order valence-corrected chi connectivity index (χ2v) is 6.22. The Balaban J connectivity index is 2.04. The van der Waals surface area contributed by atoms with E-state index < -0.39 is 0 Å². The third-order valence-electron chi connectivity index (χ3n) is 3.21. The molecule has 114 valence electrons. The lowest BCUT2D eigenvalue weighted by molar-refractivity contribution is -0.145. The summed E-state index contributed by atoms with van der Waals surface area (Å²) in [4.78, 5) is 25.4. The molecule has 2 rings (SSSR count). The van der Waals surface area contributed by atoms with Gasteiger partial charge >= 0.3 is 5.97 Å². The molecule has 1 aliphatic heterocycles. The number of amides is 1. The molecule has 1 saturated heterocycles. The third kappa shape index (κ3) is 4.31. The molecule has 1 fully saturated rings. The van der Waals surface area contributed by atoms with Gasteiger partial charge in [0.1, 0.15) is 0 Å². The molecular weight excluding hydrogens is 409 g/mol. The number of rotatable bonds is 3. The molecule has 0 aromatic heterocycles. The zero-order valence-electron chi connectivity index (χ0n) is 11.5. The van der Waals surface area contributed by atoms with Crippen LogP contribution >= 0.6 is 34.2 Å². The summed E-state index contributed by atoms with van der Waals surface area (Å²) in [6.07, 6.45) is -0.178. The fraction of sp³-hybridized carbons (Fsp3) is 0.429. The molecule has 1 atom stereocenters. The van der Waals surface area contributed by atoms with Gasteiger partial charge in [0.05, 0.1) is 31.3 Å². The number of hydrogen-bond donors (Lipinski definition) is 0. The number of methoxy groups -OCH3 is 1. The summed E-state index contributed by atoms with van der Waals surface area (Å²) in [5.74, 6) is -0.446. The largest absolute Gasteiger partial charge is 0.469 e. The maximum Gasteiger partial charge on any atom is 0.308 e. The van der Waals surface area contributed by atoms with Crippen LogP contribution in [0.4, 0.5) is 0 Å². The first-order valence-corrected chi connectivity index (χ1v) is 7.89. The highest BCUT2D eigenvalue weighted by molar-refractivity contribution is 14.1. The van der Waals surface area contributed by atoms with Gasteiger partial charge in [-0.2, -0.15) is 0 Å². The highest BCUT2D eigenvalue weighted by atomic mass is 127. The van der Waals surface area contributed by atoms with E-state index in [0.717, 1.165) is 3.57 Å². The summed E-state index contributed by atoms with van der Waals surface area (Å²) in [5, 5.41) is 0.556. The second kappa shape index (κ2) is 7.42. The first-order chi connectivity index (χ1) is 10.0. The highest BCUT2D eigenvalue weighted by Gasteiger charge is 2.27. The molecule has 1 aliphatic rings. The van der Waals surface area contributed by atoms with Crippen LogP contribution in [0, 0.1) is 3.57 Å². The molecule has 1 amide bonds. The van der Waals surface area contributed by atoms with E-state index in [2.05, 4.69) is 27.3 Å². The number of halogens is 2. The highest BCUT2D eigenvalue weighted by Crippen LogP contribution is 2.21. The van der Waals surface area contributed by atoms with Crippen LogP contribution < -0.4 is 0 Å². The number of ether oxygens (including phenoxy) is 2. The van der Waals surface area contributed by atoms with Crippen LogP contribution in [0.25, 0.3) is 0 Å². The number of carbonyl (C=O) groups is 2. The molecule has 7 heteroatoms. The van der Waals surface area contributed by atoms with Crippen molar-refractivity contribution in [1.82, 2.24) is 4.90 Å². The summed E-state index contributed by atoms with van der Waals surface area (Å²) >= 11 is 8.16. The Hall–Kier alpha value is -0.860. The van der Waals surface area contributed by atoms with Crippen LogP contribution in [0.1, 0.15) is 16.8 Å². The smallest absolute Gasteiger partial charge is 0.308 e. The number of benzene rings is 1. The van der Waals surface area contributed by atoms with E-state index in [1.165, 1.54) is 7.11 Å².